The van der Waals surface area contributed by atoms with Gasteiger partial charge in [-0.1, -0.05) is 108 Å². The molecule has 0 aliphatic rings. The Morgan fingerprint density at radius 3 is 2.36 bits per heavy atom. The highest BCUT2D eigenvalue weighted by molar-refractivity contribution is 6.30. The molecule has 0 radical (unpaired) electrons. The summed E-state index contributed by atoms with van der Waals surface area (Å²) in [6, 6.07) is 14.1. The maximum atomic E-state index is 12.4. The van der Waals surface area contributed by atoms with E-state index in [-0.39, 0.29) is 23.6 Å². The summed E-state index contributed by atoms with van der Waals surface area (Å²) < 4.78 is 5.46. The van der Waals surface area contributed by atoms with Gasteiger partial charge in [0.15, 0.2) is 5.15 Å². The third kappa shape index (κ3) is 9.68. The van der Waals surface area contributed by atoms with Crippen molar-refractivity contribution in [1.29, 1.82) is 0 Å². The molecule has 0 bridgehead atoms. The number of unbranched alkanes of at least 4 members (excludes halogenated alkanes) is 5. The Labute approximate surface area is 238 Å². The Morgan fingerprint density at radius 1 is 0.923 bits per heavy atom. The Hall–Kier alpha value is -2.86. The van der Waals surface area contributed by atoms with Gasteiger partial charge in [0.25, 0.3) is 0 Å². The van der Waals surface area contributed by atoms with Crippen molar-refractivity contribution >= 4 is 17.6 Å². The lowest BCUT2D eigenvalue weighted by atomic mass is 9.84. The van der Waals surface area contributed by atoms with Gasteiger partial charge in [-0.15, -0.1) is 9.90 Å². The standard InChI is InChI=1S/C32H44ClN3O3/c1-5-6-7-8-9-13-21-39-29(37)20-19-25-22-26(32(2,3)4)30(38)28(23-25)36-34-27(31(33)35-36)18-14-17-24-15-11-10-12-16-24/h10-12,15-16,22-23,38H,5-9,13-14,17-21H2,1-4H3. The number of aromatic nitrogens is 3. The number of hydrogen-bond acceptors (Lipinski definition) is 5. The van der Waals surface area contributed by atoms with Crippen LogP contribution in [0.25, 0.3) is 5.69 Å². The number of ether oxygens (including phenoxy) is 1. The van der Waals surface area contributed by atoms with Crippen LogP contribution in [0.5, 0.6) is 5.75 Å². The Morgan fingerprint density at radius 2 is 1.64 bits per heavy atom. The SMILES string of the molecule is CCCCCCCCOC(=O)CCc1cc(-n2nc(Cl)c(CCCc3ccccc3)n2)c(O)c(C(C)(C)C)c1. The first kappa shape index (κ1) is 30.7. The van der Waals surface area contributed by atoms with Crippen molar-refractivity contribution in [2.24, 2.45) is 0 Å². The monoisotopic (exact) mass is 553 g/mol. The van der Waals surface area contributed by atoms with Crippen molar-refractivity contribution in [1.82, 2.24) is 15.0 Å². The third-order valence-corrected chi connectivity index (χ3v) is 7.20. The van der Waals surface area contributed by atoms with Crippen molar-refractivity contribution in [3.05, 3.63) is 70.0 Å². The number of rotatable bonds is 15. The van der Waals surface area contributed by atoms with Crippen molar-refractivity contribution < 1.29 is 14.6 Å². The van der Waals surface area contributed by atoms with Crippen LogP contribution in [-0.4, -0.2) is 32.7 Å². The quantitative estimate of drug-likeness (QED) is 0.153. The molecular formula is C32H44ClN3O3. The predicted molar refractivity (Wildman–Crippen MR) is 158 cm³/mol. The van der Waals surface area contributed by atoms with Gasteiger partial charge in [-0.05, 0) is 54.7 Å². The predicted octanol–water partition coefficient (Wildman–Crippen LogP) is 7.94. The summed E-state index contributed by atoms with van der Waals surface area (Å²) in [4.78, 5) is 13.8. The second kappa shape index (κ2) is 15.1. The fourth-order valence-corrected chi connectivity index (χ4v) is 4.82. The smallest absolute Gasteiger partial charge is 0.306 e. The van der Waals surface area contributed by atoms with Gasteiger partial charge in [-0.25, -0.2) is 0 Å². The van der Waals surface area contributed by atoms with Crippen LogP contribution in [0.4, 0.5) is 0 Å². The van der Waals surface area contributed by atoms with Crippen LogP contribution in [-0.2, 0) is 34.2 Å². The number of phenols is 1. The molecule has 1 N–H and O–H groups in total. The van der Waals surface area contributed by atoms with Gasteiger partial charge < -0.3 is 9.84 Å². The number of phenolic OH excluding ortho intramolecular Hbond substituents is 1. The average Bonchev–Trinajstić information content (AvgIpc) is 3.27. The number of benzene rings is 2. The number of aryl methyl sites for hydroxylation is 3. The summed E-state index contributed by atoms with van der Waals surface area (Å²) in [6.45, 7) is 8.81. The molecule has 0 aliphatic heterocycles. The molecule has 0 saturated heterocycles. The second-order valence-electron chi connectivity index (χ2n) is 11.3. The van der Waals surface area contributed by atoms with E-state index in [0.29, 0.717) is 36.0 Å². The number of carbonyl (C=O) groups excluding carboxylic acids is 1. The zero-order chi connectivity index (χ0) is 28.3. The molecule has 0 unspecified atom stereocenters. The average molecular weight is 554 g/mol. The fraction of sp³-hybridized carbons (Fsp3) is 0.531. The molecule has 3 aromatic rings. The van der Waals surface area contributed by atoms with Crippen LogP contribution in [0.1, 0.15) is 101 Å². The Kier molecular flexibility index (Phi) is 11.9. The number of nitrogens with zero attached hydrogens (tertiary/aromatic N) is 3. The number of hydrogen-bond donors (Lipinski definition) is 1. The largest absolute Gasteiger partial charge is 0.505 e. The van der Waals surface area contributed by atoms with Crippen LogP contribution >= 0.6 is 11.6 Å². The van der Waals surface area contributed by atoms with E-state index in [4.69, 9.17) is 16.3 Å². The van der Waals surface area contributed by atoms with Crippen molar-refractivity contribution in [2.45, 2.75) is 104 Å². The molecule has 7 heteroatoms. The van der Waals surface area contributed by atoms with Gasteiger partial charge in [0.1, 0.15) is 17.1 Å². The Balaban J connectivity index is 1.66. The lowest BCUT2D eigenvalue weighted by Gasteiger charge is -2.23. The van der Waals surface area contributed by atoms with Crippen molar-refractivity contribution in [3.8, 4) is 11.4 Å². The molecule has 0 aliphatic carbocycles. The van der Waals surface area contributed by atoms with Gasteiger partial charge in [0.05, 0.1) is 6.61 Å². The van der Waals surface area contributed by atoms with Gasteiger partial charge in [0, 0.05) is 12.0 Å². The molecule has 3 rings (SSSR count). The molecule has 212 valence electrons. The zero-order valence-corrected chi connectivity index (χ0v) is 24.8. The molecular weight excluding hydrogens is 510 g/mol. The highest BCUT2D eigenvalue weighted by Gasteiger charge is 2.24. The van der Waals surface area contributed by atoms with Crippen LogP contribution in [0.3, 0.4) is 0 Å². The summed E-state index contributed by atoms with van der Waals surface area (Å²) in [6.07, 6.45) is 10.2. The summed E-state index contributed by atoms with van der Waals surface area (Å²) in [7, 11) is 0. The number of aromatic hydroxyl groups is 1. The number of halogens is 1. The first-order valence-electron chi connectivity index (χ1n) is 14.4. The molecule has 39 heavy (non-hydrogen) atoms. The van der Waals surface area contributed by atoms with E-state index < -0.39 is 0 Å². The molecule has 0 fully saturated rings. The minimum atomic E-state index is -0.317. The Bertz CT molecular complexity index is 1190. The number of carbonyl (C=O) groups is 1. The molecule has 0 saturated carbocycles. The highest BCUT2D eigenvalue weighted by Crippen LogP contribution is 2.36. The summed E-state index contributed by atoms with van der Waals surface area (Å²) in [5.41, 5.74) is 3.81. The maximum Gasteiger partial charge on any atom is 0.306 e. The van der Waals surface area contributed by atoms with Gasteiger partial charge >= 0.3 is 5.97 Å². The maximum absolute atomic E-state index is 12.4. The molecule has 0 amide bonds. The first-order chi connectivity index (χ1) is 18.7. The molecule has 6 nitrogen and oxygen atoms in total. The minimum absolute atomic E-state index is 0.124. The number of esters is 1. The summed E-state index contributed by atoms with van der Waals surface area (Å²) in [5.74, 6) is -0.0733. The van der Waals surface area contributed by atoms with Crippen molar-refractivity contribution in [3.63, 3.8) is 0 Å². The van der Waals surface area contributed by atoms with E-state index in [2.05, 4.69) is 29.3 Å². The van der Waals surface area contributed by atoms with Crippen LogP contribution in [0.2, 0.25) is 5.15 Å². The van der Waals surface area contributed by atoms with E-state index >= 15 is 0 Å². The summed E-state index contributed by atoms with van der Waals surface area (Å²) in [5, 5.41) is 20.6. The van der Waals surface area contributed by atoms with Crippen molar-refractivity contribution in [2.75, 3.05) is 6.61 Å². The normalized spacial score (nSPS) is 11.6. The highest BCUT2D eigenvalue weighted by atomic mass is 35.5. The van der Waals surface area contributed by atoms with E-state index in [1.165, 1.54) is 36.0 Å². The molecule has 2 aromatic carbocycles. The lowest BCUT2D eigenvalue weighted by Crippen LogP contribution is -2.14. The topological polar surface area (TPSA) is 77.2 Å². The lowest BCUT2D eigenvalue weighted by molar-refractivity contribution is -0.143. The molecule has 1 heterocycles. The summed E-state index contributed by atoms with van der Waals surface area (Å²) >= 11 is 6.46. The van der Waals surface area contributed by atoms with Crippen LogP contribution in [0, 0.1) is 0 Å². The van der Waals surface area contributed by atoms with Gasteiger partial charge in [-0.3, -0.25) is 4.79 Å². The second-order valence-corrected chi connectivity index (χ2v) is 11.7. The zero-order valence-electron chi connectivity index (χ0n) is 24.0. The molecule has 0 atom stereocenters. The molecule has 1 aromatic heterocycles. The van der Waals surface area contributed by atoms with Crippen LogP contribution < -0.4 is 0 Å². The molecule has 0 spiro atoms. The third-order valence-electron chi connectivity index (χ3n) is 6.91. The van der Waals surface area contributed by atoms with Crippen LogP contribution in [0.15, 0.2) is 42.5 Å². The van der Waals surface area contributed by atoms with E-state index in [1.54, 1.807) is 0 Å². The van der Waals surface area contributed by atoms with E-state index in [0.717, 1.165) is 36.8 Å². The first-order valence-corrected chi connectivity index (χ1v) is 14.7. The van der Waals surface area contributed by atoms with E-state index in [9.17, 15) is 9.90 Å². The van der Waals surface area contributed by atoms with Gasteiger partial charge in [-0.2, -0.15) is 5.10 Å². The minimum Gasteiger partial charge on any atom is -0.505 e. The van der Waals surface area contributed by atoms with Gasteiger partial charge in [0.2, 0.25) is 0 Å². The fourth-order valence-electron chi connectivity index (χ4n) is 4.62. The van der Waals surface area contributed by atoms with E-state index in [1.807, 2.05) is 51.1 Å².